The van der Waals surface area contributed by atoms with E-state index in [-0.39, 0.29) is 23.5 Å². The topological polar surface area (TPSA) is 59.8 Å². The zero-order valence-corrected chi connectivity index (χ0v) is 16.3. The first-order valence-corrected chi connectivity index (χ1v) is 10.3. The molecule has 1 unspecified atom stereocenters. The van der Waals surface area contributed by atoms with E-state index in [2.05, 4.69) is 20.1 Å². The maximum atomic E-state index is 13.1. The van der Waals surface area contributed by atoms with E-state index in [4.69, 9.17) is 0 Å². The molecule has 5 nitrogen and oxygen atoms in total. The number of rotatable bonds is 7. The Labute approximate surface area is 167 Å². The quantitative estimate of drug-likeness (QED) is 0.607. The molecule has 0 spiro atoms. The molecule has 7 heteroatoms. The van der Waals surface area contributed by atoms with Crippen LogP contribution in [0.4, 0.5) is 4.39 Å². The molecule has 144 valence electrons. The third-order valence-corrected chi connectivity index (χ3v) is 5.62. The Hall–Kier alpha value is -2.67. The van der Waals surface area contributed by atoms with Crippen LogP contribution < -0.4 is 5.32 Å². The van der Waals surface area contributed by atoms with Crippen LogP contribution in [0.25, 0.3) is 5.69 Å². The van der Waals surface area contributed by atoms with Gasteiger partial charge in [0.15, 0.2) is 5.16 Å². The van der Waals surface area contributed by atoms with E-state index in [1.165, 1.54) is 23.9 Å². The summed E-state index contributed by atoms with van der Waals surface area (Å²) in [6, 6.07) is 16.0. The molecule has 4 rings (SSSR count). The molecule has 1 aromatic heterocycles. The molecule has 1 amide bonds. The highest BCUT2D eigenvalue weighted by molar-refractivity contribution is 7.99. The Bertz CT molecular complexity index is 954. The van der Waals surface area contributed by atoms with Crippen molar-refractivity contribution in [3.05, 3.63) is 71.8 Å². The van der Waals surface area contributed by atoms with Crippen LogP contribution in [0.5, 0.6) is 0 Å². The second-order valence-corrected chi connectivity index (χ2v) is 7.86. The van der Waals surface area contributed by atoms with Crippen LogP contribution in [0.2, 0.25) is 0 Å². The van der Waals surface area contributed by atoms with Crippen molar-refractivity contribution in [1.29, 1.82) is 0 Å². The third-order valence-electron chi connectivity index (χ3n) is 4.70. The van der Waals surface area contributed by atoms with Gasteiger partial charge in [-0.3, -0.25) is 9.36 Å². The molecule has 1 aliphatic rings. The van der Waals surface area contributed by atoms with Gasteiger partial charge >= 0.3 is 0 Å². The first kappa shape index (κ1) is 18.7. The molecule has 0 saturated heterocycles. The van der Waals surface area contributed by atoms with Crippen LogP contribution >= 0.6 is 11.8 Å². The average molecular weight is 396 g/mol. The molecule has 2 aromatic carbocycles. The molecular formula is C21H21FN4OS. The van der Waals surface area contributed by atoms with Gasteiger partial charge in [0.2, 0.25) is 5.91 Å². The molecule has 0 bridgehead atoms. The van der Waals surface area contributed by atoms with Crippen molar-refractivity contribution in [3.63, 3.8) is 0 Å². The zero-order chi connectivity index (χ0) is 19.5. The normalized spacial score (nSPS) is 14.6. The van der Waals surface area contributed by atoms with Gasteiger partial charge in [-0.15, -0.1) is 10.2 Å². The number of hydrogen-bond donors (Lipinski definition) is 1. The van der Waals surface area contributed by atoms with Gasteiger partial charge in [0.1, 0.15) is 11.6 Å². The predicted octanol–water partition coefficient (Wildman–Crippen LogP) is 4.25. The van der Waals surface area contributed by atoms with Crippen LogP contribution in [-0.4, -0.2) is 26.4 Å². The van der Waals surface area contributed by atoms with Crippen LogP contribution in [0.3, 0.4) is 0 Å². The molecule has 1 aliphatic carbocycles. The first-order chi connectivity index (χ1) is 13.6. The lowest BCUT2D eigenvalue weighted by Gasteiger charge is -2.14. The van der Waals surface area contributed by atoms with Crippen molar-refractivity contribution in [1.82, 2.24) is 20.1 Å². The molecule has 1 heterocycles. The number of halogens is 1. The largest absolute Gasteiger partial charge is 0.349 e. The minimum atomic E-state index is -0.287. The number of thioether (sulfide) groups is 1. The van der Waals surface area contributed by atoms with Crippen molar-refractivity contribution in [3.8, 4) is 5.69 Å². The zero-order valence-electron chi connectivity index (χ0n) is 15.5. The standard InChI is InChI=1S/C21H21FN4OS/c1-14(15-9-11-17(22)12-10-15)23-19(27)13-28-21-25-24-20(16-7-8-16)26(21)18-5-3-2-4-6-18/h2-6,9-12,14,16H,7-8,13H2,1H3,(H,23,27). The fourth-order valence-corrected chi connectivity index (χ4v) is 3.82. The van der Waals surface area contributed by atoms with E-state index in [1.807, 2.05) is 37.3 Å². The summed E-state index contributed by atoms with van der Waals surface area (Å²) in [4.78, 5) is 12.4. The van der Waals surface area contributed by atoms with Gasteiger partial charge in [0, 0.05) is 11.6 Å². The molecule has 1 N–H and O–H groups in total. The Morgan fingerprint density at radius 1 is 1.18 bits per heavy atom. The number of benzene rings is 2. The van der Waals surface area contributed by atoms with Crippen LogP contribution in [0.1, 0.15) is 43.1 Å². The van der Waals surface area contributed by atoms with Gasteiger partial charge in [0.05, 0.1) is 11.8 Å². The summed E-state index contributed by atoms with van der Waals surface area (Å²) in [6.07, 6.45) is 2.26. The van der Waals surface area contributed by atoms with Crippen LogP contribution in [0.15, 0.2) is 59.8 Å². The Morgan fingerprint density at radius 3 is 2.57 bits per heavy atom. The lowest BCUT2D eigenvalue weighted by molar-refractivity contribution is -0.119. The number of para-hydroxylation sites is 1. The Balaban J connectivity index is 1.43. The number of carbonyl (C=O) groups is 1. The highest BCUT2D eigenvalue weighted by Gasteiger charge is 2.31. The fraction of sp³-hybridized carbons (Fsp3) is 0.286. The fourth-order valence-electron chi connectivity index (χ4n) is 3.05. The molecule has 28 heavy (non-hydrogen) atoms. The van der Waals surface area contributed by atoms with Crippen LogP contribution in [0, 0.1) is 5.82 Å². The van der Waals surface area contributed by atoms with Crippen molar-refractivity contribution >= 4 is 17.7 Å². The summed E-state index contributed by atoms with van der Waals surface area (Å²) >= 11 is 1.37. The van der Waals surface area contributed by atoms with Crippen molar-refractivity contribution in [2.45, 2.75) is 36.9 Å². The van der Waals surface area contributed by atoms with Crippen LogP contribution in [-0.2, 0) is 4.79 Å². The SMILES string of the molecule is CC(NC(=O)CSc1nnc(C2CC2)n1-c1ccccc1)c1ccc(F)cc1. The third kappa shape index (κ3) is 4.25. The van der Waals surface area contributed by atoms with E-state index >= 15 is 0 Å². The second kappa shape index (κ2) is 8.14. The molecule has 0 aliphatic heterocycles. The summed E-state index contributed by atoms with van der Waals surface area (Å²) in [5, 5.41) is 12.4. The summed E-state index contributed by atoms with van der Waals surface area (Å²) in [6.45, 7) is 1.88. The molecular weight excluding hydrogens is 375 g/mol. The number of aromatic nitrogens is 3. The van der Waals surface area contributed by atoms with Crippen molar-refractivity contribution in [2.75, 3.05) is 5.75 Å². The minimum Gasteiger partial charge on any atom is -0.349 e. The molecule has 1 atom stereocenters. The second-order valence-electron chi connectivity index (χ2n) is 6.92. The van der Waals surface area contributed by atoms with E-state index in [1.54, 1.807) is 12.1 Å². The number of nitrogens with one attached hydrogen (secondary N) is 1. The van der Waals surface area contributed by atoms with Gasteiger partial charge in [-0.2, -0.15) is 0 Å². The maximum Gasteiger partial charge on any atom is 0.230 e. The minimum absolute atomic E-state index is 0.0996. The maximum absolute atomic E-state index is 13.1. The van der Waals surface area contributed by atoms with Gasteiger partial charge < -0.3 is 5.32 Å². The molecule has 0 radical (unpaired) electrons. The number of carbonyl (C=O) groups excluding carboxylic acids is 1. The lowest BCUT2D eigenvalue weighted by atomic mass is 10.1. The van der Waals surface area contributed by atoms with E-state index in [0.717, 1.165) is 35.1 Å². The monoisotopic (exact) mass is 396 g/mol. The molecule has 1 saturated carbocycles. The smallest absolute Gasteiger partial charge is 0.230 e. The van der Waals surface area contributed by atoms with E-state index in [0.29, 0.717) is 5.92 Å². The van der Waals surface area contributed by atoms with Gasteiger partial charge in [-0.05, 0) is 49.6 Å². The Kier molecular flexibility index (Phi) is 5.43. The molecule has 1 fully saturated rings. The average Bonchev–Trinajstić information content (AvgIpc) is 3.47. The van der Waals surface area contributed by atoms with Crippen molar-refractivity contribution in [2.24, 2.45) is 0 Å². The number of hydrogen-bond acceptors (Lipinski definition) is 4. The van der Waals surface area contributed by atoms with Gasteiger partial charge in [-0.1, -0.05) is 42.1 Å². The molecule has 3 aromatic rings. The lowest BCUT2D eigenvalue weighted by Crippen LogP contribution is -2.28. The van der Waals surface area contributed by atoms with Gasteiger partial charge in [-0.25, -0.2) is 4.39 Å². The highest BCUT2D eigenvalue weighted by Crippen LogP contribution is 2.41. The number of amides is 1. The highest BCUT2D eigenvalue weighted by atomic mass is 32.2. The van der Waals surface area contributed by atoms with E-state index < -0.39 is 0 Å². The van der Waals surface area contributed by atoms with E-state index in [9.17, 15) is 9.18 Å². The Morgan fingerprint density at radius 2 is 1.89 bits per heavy atom. The number of nitrogens with zero attached hydrogens (tertiary/aromatic N) is 3. The van der Waals surface area contributed by atoms with Crippen molar-refractivity contribution < 1.29 is 9.18 Å². The summed E-state index contributed by atoms with van der Waals surface area (Å²) < 4.78 is 15.1. The summed E-state index contributed by atoms with van der Waals surface area (Å²) in [5.74, 6) is 1.27. The summed E-state index contributed by atoms with van der Waals surface area (Å²) in [7, 11) is 0. The first-order valence-electron chi connectivity index (χ1n) is 9.30. The predicted molar refractivity (Wildman–Crippen MR) is 107 cm³/mol. The summed E-state index contributed by atoms with van der Waals surface area (Å²) in [5.41, 5.74) is 1.88. The van der Waals surface area contributed by atoms with Gasteiger partial charge in [0.25, 0.3) is 0 Å².